The van der Waals surface area contributed by atoms with Crippen LogP contribution < -0.4 is 5.32 Å². The summed E-state index contributed by atoms with van der Waals surface area (Å²) in [5, 5.41) is 3.64. The van der Waals surface area contributed by atoms with Crippen LogP contribution in [0.25, 0.3) is 0 Å². The van der Waals surface area contributed by atoms with E-state index in [9.17, 15) is 0 Å². The summed E-state index contributed by atoms with van der Waals surface area (Å²) < 4.78 is 0. The van der Waals surface area contributed by atoms with Crippen molar-refractivity contribution in [2.24, 2.45) is 11.8 Å². The Morgan fingerprint density at radius 3 is 1.84 bits per heavy atom. The second kappa shape index (κ2) is 7.69. The number of nitrogens with one attached hydrogen (secondary N) is 1. The third kappa shape index (κ3) is 4.35. The first-order chi connectivity index (χ1) is 9.01. The molecule has 0 amide bonds. The summed E-state index contributed by atoms with van der Waals surface area (Å²) in [4.78, 5) is 0. The normalized spacial score (nSPS) is 16.4. The van der Waals surface area contributed by atoms with Crippen molar-refractivity contribution in [1.82, 2.24) is 5.32 Å². The summed E-state index contributed by atoms with van der Waals surface area (Å²) in [6, 6.07) is 9.71. The van der Waals surface area contributed by atoms with E-state index in [0.29, 0.717) is 23.8 Å². The predicted octanol–water partition coefficient (Wildman–Crippen LogP) is 5.14. The van der Waals surface area contributed by atoms with E-state index in [1.165, 1.54) is 17.5 Å². The Hall–Kier alpha value is -0.820. The van der Waals surface area contributed by atoms with Gasteiger partial charge in [0.05, 0.1) is 0 Å². The van der Waals surface area contributed by atoms with Gasteiger partial charge in [0.15, 0.2) is 0 Å². The molecule has 0 aliphatic heterocycles. The molecule has 1 aromatic rings. The lowest BCUT2D eigenvalue weighted by atomic mass is 9.85. The van der Waals surface area contributed by atoms with Gasteiger partial charge in [-0.2, -0.15) is 0 Å². The van der Waals surface area contributed by atoms with Gasteiger partial charge in [0, 0.05) is 6.04 Å². The fraction of sp³-hybridized carbons (Fsp3) is 0.667. The molecular formula is C18H31N. The molecule has 0 aromatic heterocycles. The van der Waals surface area contributed by atoms with Crippen molar-refractivity contribution in [3.8, 4) is 0 Å². The number of benzene rings is 1. The van der Waals surface area contributed by atoms with Crippen molar-refractivity contribution < 1.29 is 0 Å². The SMILES string of the molecule is CCNC(c1ccc(C(C)CC)cc1)C(C)C(C)C. The van der Waals surface area contributed by atoms with E-state index in [2.05, 4.69) is 71.1 Å². The average molecular weight is 261 g/mol. The maximum Gasteiger partial charge on any atom is 0.0348 e. The summed E-state index contributed by atoms with van der Waals surface area (Å²) in [7, 11) is 0. The van der Waals surface area contributed by atoms with E-state index in [1.54, 1.807) is 0 Å². The standard InChI is InChI=1S/C18H31N/c1-7-14(5)16-9-11-17(12-10-16)18(19-8-2)15(6)13(3)4/h9-15,18-19H,7-8H2,1-6H3. The van der Waals surface area contributed by atoms with Gasteiger partial charge in [0.1, 0.15) is 0 Å². The number of rotatable bonds is 7. The van der Waals surface area contributed by atoms with E-state index in [4.69, 9.17) is 0 Å². The van der Waals surface area contributed by atoms with Crippen LogP contribution in [-0.4, -0.2) is 6.54 Å². The minimum absolute atomic E-state index is 0.469. The molecule has 0 saturated heterocycles. The summed E-state index contributed by atoms with van der Waals surface area (Å²) in [6.45, 7) is 14.7. The third-order valence-corrected chi connectivity index (χ3v) is 4.48. The highest BCUT2D eigenvalue weighted by molar-refractivity contribution is 5.27. The minimum atomic E-state index is 0.469. The monoisotopic (exact) mass is 261 g/mol. The van der Waals surface area contributed by atoms with Gasteiger partial charge < -0.3 is 5.32 Å². The lowest BCUT2D eigenvalue weighted by molar-refractivity contribution is 0.307. The van der Waals surface area contributed by atoms with Crippen molar-refractivity contribution in [2.45, 2.75) is 59.9 Å². The first-order valence-electron chi connectivity index (χ1n) is 7.84. The summed E-state index contributed by atoms with van der Waals surface area (Å²) in [5.74, 6) is 2.00. The zero-order chi connectivity index (χ0) is 14.4. The predicted molar refractivity (Wildman–Crippen MR) is 85.6 cm³/mol. The molecule has 1 N–H and O–H groups in total. The maximum absolute atomic E-state index is 3.64. The fourth-order valence-electron chi connectivity index (χ4n) is 2.48. The highest BCUT2D eigenvalue weighted by Gasteiger charge is 2.21. The van der Waals surface area contributed by atoms with E-state index >= 15 is 0 Å². The Morgan fingerprint density at radius 2 is 1.42 bits per heavy atom. The molecule has 0 spiro atoms. The van der Waals surface area contributed by atoms with Gasteiger partial charge in [-0.05, 0) is 41.8 Å². The van der Waals surface area contributed by atoms with Crippen LogP contribution in [0.15, 0.2) is 24.3 Å². The highest BCUT2D eigenvalue weighted by Crippen LogP contribution is 2.29. The van der Waals surface area contributed by atoms with Gasteiger partial charge in [-0.25, -0.2) is 0 Å². The quantitative estimate of drug-likeness (QED) is 0.716. The Morgan fingerprint density at radius 1 is 0.895 bits per heavy atom. The van der Waals surface area contributed by atoms with E-state index in [1.807, 2.05) is 0 Å². The van der Waals surface area contributed by atoms with Crippen LogP contribution >= 0.6 is 0 Å². The molecule has 19 heavy (non-hydrogen) atoms. The molecular weight excluding hydrogens is 230 g/mol. The van der Waals surface area contributed by atoms with Crippen LogP contribution in [0.1, 0.15) is 71.0 Å². The van der Waals surface area contributed by atoms with Crippen LogP contribution in [0.4, 0.5) is 0 Å². The first kappa shape index (κ1) is 16.2. The molecule has 0 aliphatic rings. The Labute approximate surface area is 119 Å². The molecule has 108 valence electrons. The van der Waals surface area contributed by atoms with Crippen LogP contribution in [0, 0.1) is 11.8 Å². The third-order valence-electron chi connectivity index (χ3n) is 4.48. The van der Waals surface area contributed by atoms with E-state index in [-0.39, 0.29) is 0 Å². The van der Waals surface area contributed by atoms with Gasteiger partial charge in [-0.1, -0.05) is 65.8 Å². The van der Waals surface area contributed by atoms with E-state index in [0.717, 1.165) is 6.54 Å². The van der Waals surface area contributed by atoms with Crippen LogP contribution in [0.2, 0.25) is 0 Å². The number of hydrogen-bond donors (Lipinski definition) is 1. The molecule has 1 heteroatoms. The minimum Gasteiger partial charge on any atom is -0.310 e. The summed E-state index contributed by atoms with van der Waals surface area (Å²) >= 11 is 0. The zero-order valence-corrected chi connectivity index (χ0v) is 13.5. The van der Waals surface area contributed by atoms with Crippen molar-refractivity contribution in [3.63, 3.8) is 0 Å². The molecule has 1 aromatic carbocycles. The molecule has 3 unspecified atom stereocenters. The molecule has 3 atom stereocenters. The van der Waals surface area contributed by atoms with Gasteiger partial charge in [0.2, 0.25) is 0 Å². The Bertz CT molecular complexity index is 352. The van der Waals surface area contributed by atoms with Crippen molar-refractivity contribution in [2.75, 3.05) is 6.54 Å². The topological polar surface area (TPSA) is 12.0 Å². The van der Waals surface area contributed by atoms with Crippen molar-refractivity contribution >= 4 is 0 Å². The molecule has 0 aliphatic carbocycles. The zero-order valence-electron chi connectivity index (χ0n) is 13.5. The molecule has 1 nitrogen and oxygen atoms in total. The van der Waals surface area contributed by atoms with Gasteiger partial charge in [0.25, 0.3) is 0 Å². The van der Waals surface area contributed by atoms with Gasteiger partial charge in [-0.15, -0.1) is 0 Å². The van der Waals surface area contributed by atoms with Crippen molar-refractivity contribution in [1.29, 1.82) is 0 Å². The van der Waals surface area contributed by atoms with Crippen molar-refractivity contribution in [3.05, 3.63) is 35.4 Å². The first-order valence-corrected chi connectivity index (χ1v) is 7.84. The largest absolute Gasteiger partial charge is 0.310 e. The van der Waals surface area contributed by atoms with Gasteiger partial charge in [-0.3, -0.25) is 0 Å². The highest BCUT2D eigenvalue weighted by atomic mass is 14.9. The van der Waals surface area contributed by atoms with Crippen LogP contribution in [0.5, 0.6) is 0 Å². The van der Waals surface area contributed by atoms with Crippen LogP contribution in [-0.2, 0) is 0 Å². The molecule has 0 radical (unpaired) electrons. The molecule has 0 fully saturated rings. The lowest BCUT2D eigenvalue weighted by Gasteiger charge is -2.28. The maximum atomic E-state index is 3.64. The molecule has 0 saturated carbocycles. The molecule has 1 rings (SSSR count). The second-order valence-corrected chi connectivity index (χ2v) is 6.11. The summed E-state index contributed by atoms with van der Waals surface area (Å²) in [6.07, 6.45) is 1.21. The Kier molecular flexibility index (Phi) is 6.57. The second-order valence-electron chi connectivity index (χ2n) is 6.11. The van der Waals surface area contributed by atoms with Crippen LogP contribution in [0.3, 0.4) is 0 Å². The number of hydrogen-bond acceptors (Lipinski definition) is 1. The van der Waals surface area contributed by atoms with Gasteiger partial charge >= 0.3 is 0 Å². The molecule has 0 bridgehead atoms. The summed E-state index contributed by atoms with van der Waals surface area (Å²) in [5.41, 5.74) is 2.88. The smallest absolute Gasteiger partial charge is 0.0348 e. The van der Waals surface area contributed by atoms with E-state index < -0.39 is 0 Å². The average Bonchev–Trinajstić information content (AvgIpc) is 2.43. The molecule has 0 heterocycles. The lowest BCUT2D eigenvalue weighted by Crippen LogP contribution is -2.29. The Balaban J connectivity index is 2.91. The fourth-order valence-corrected chi connectivity index (χ4v) is 2.48.